The van der Waals surface area contributed by atoms with Gasteiger partial charge in [0.2, 0.25) is 0 Å². The van der Waals surface area contributed by atoms with Crippen molar-refractivity contribution in [3.05, 3.63) is 18.2 Å². The van der Waals surface area contributed by atoms with Gasteiger partial charge in [0.15, 0.2) is 9.84 Å². The van der Waals surface area contributed by atoms with Crippen LogP contribution in [0.25, 0.3) is 0 Å². The Hall–Kier alpha value is -1.41. The molecule has 2 fully saturated rings. The van der Waals surface area contributed by atoms with Crippen molar-refractivity contribution in [2.24, 2.45) is 13.0 Å². The molecule has 1 aromatic heterocycles. The van der Waals surface area contributed by atoms with E-state index in [1.165, 1.54) is 0 Å². The van der Waals surface area contributed by atoms with Gasteiger partial charge in [-0.15, -0.1) is 0 Å². The molecule has 1 unspecified atom stereocenters. The van der Waals surface area contributed by atoms with Crippen LogP contribution in [0.5, 0.6) is 0 Å². The average Bonchev–Trinajstić information content (AvgIpc) is 2.95. The number of carbonyl (C=O) groups is 1. The zero-order valence-corrected chi connectivity index (χ0v) is 13.7. The summed E-state index contributed by atoms with van der Waals surface area (Å²) in [5.41, 5.74) is 0.356. The molecule has 0 bridgehead atoms. The van der Waals surface area contributed by atoms with E-state index >= 15 is 0 Å². The summed E-state index contributed by atoms with van der Waals surface area (Å²) in [7, 11) is -1.38. The maximum Gasteiger partial charge on any atom is 0.274 e. The van der Waals surface area contributed by atoms with Gasteiger partial charge in [-0.2, -0.15) is 0 Å². The Morgan fingerprint density at radius 3 is 2.82 bits per heavy atom. The molecule has 1 atom stereocenters. The van der Waals surface area contributed by atoms with Crippen LogP contribution in [-0.2, 0) is 21.6 Å². The van der Waals surface area contributed by atoms with Crippen LogP contribution in [0.3, 0.4) is 0 Å². The normalized spacial score (nSPS) is 25.4. The van der Waals surface area contributed by atoms with E-state index in [1.807, 2.05) is 6.92 Å². The molecule has 0 aromatic carbocycles. The number of rotatable bonds is 4. The number of carbonyl (C=O) groups excluding carboxylic acids is 1. The molecule has 7 nitrogen and oxygen atoms in total. The van der Waals surface area contributed by atoms with Crippen LogP contribution >= 0.6 is 0 Å². The molecule has 0 radical (unpaired) electrons. The van der Waals surface area contributed by atoms with Crippen molar-refractivity contribution in [3.63, 3.8) is 0 Å². The maximum atomic E-state index is 12.4. The number of hydrogen-bond donors (Lipinski definition) is 0. The number of ether oxygens (including phenoxy) is 1. The van der Waals surface area contributed by atoms with E-state index in [1.54, 1.807) is 29.0 Å². The molecule has 1 spiro atoms. The Bertz CT molecular complexity index is 676. The smallest absolute Gasteiger partial charge is 0.274 e. The standard InChI is InChI=1S/C14H21N3O4S/c1-3-21-7-11-4-5-22(19,20)14(11)8-17(9-14)13(18)12-6-16(2)10-15-12/h6,10-11H,3-5,7-9H2,1-2H3. The molecule has 0 N–H and O–H groups in total. The van der Waals surface area contributed by atoms with Crippen LogP contribution in [0.2, 0.25) is 0 Å². The molecule has 22 heavy (non-hydrogen) atoms. The number of sulfone groups is 1. The van der Waals surface area contributed by atoms with E-state index in [0.29, 0.717) is 25.3 Å². The molecule has 1 amide bonds. The van der Waals surface area contributed by atoms with Crippen LogP contribution in [0.1, 0.15) is 23.8 Å². The van der Waals surface area contributed by atoms with Crippen molar-refractivity contribution >= 4 is 15.7 Å². The monoisotopic (exact) mass is 327 g/mol. The summed E-state index contributed by atoms with van der Waals surface area (Å²) in [4.78, 5) is 17.9. The number of amides is 1. The Kier molecular flexibility index (Phi) is 3.76. The number of aromatic nitrogens is 2. The van der Waals surface area contributed by atoms with Gasteiger partial charge in [0.05, 0.1) is 18.7 Å². The van der Waals surface area contributed by atoms with Gasteiger partial charge in [-0.1, -0.05) is 0 Å². The topological polar surface area (TPSA) is 81.5 Å². The van der Waals surface area contributed by atoms with Crippen LogP contribution < -0.4 is 0 Å². The summed E-state index contributed by atoms with van der Waals surface area (Å²) in [5.74, 6) is -0.0372. The second-order valence-electron chi connectivity index (χ2n) is 6.11. The van der Waals surface area contributed by atoms with Gasteiger partial charge in [-0.3, -0.25) is 4.79 Å². The summed E-state index contributed by atoms with van der Waals surface area (Å²) in [6.45, 7) is 3.42. The van der Waals surface area contributed by atoms with Gasteiger partial charge in [0, 0.05) is 38.9 Å². The van der Waals surface area contributed by atoms with Gasteiger partial charge >= 0.3 is 0 Å². The van der Waals surface area contributed by atoms with E-state index in [0.717, 1.165) is 0 Å². The van der Waals surface area contributed by atoms with Gasteiger partial charge in [-0.25, -0.2) is 13.4 Å². The average molecular weight is 327 g/mol. The second kappa shape index (κ2) is 5.34. The van der Waals surface area contributed by atoms with E-state index in [9.17, 15) is 13.2 Å². The fourth-order valence-electron chi connectivity index (χ4n) is 3.40. The molecule has 2 aliphatic rings. The van der Waals surface area contributed by atoms with Crippen molar-refractivity contribution in [1.29, 1.82) is 0 Å². The summed E-state index contributed by atoms with van der Waals surface area (Å²) < 4.78 is 31.2. The van der Waals surface area contributed by atoms with Crippen LogP contribution in [-0.4, -0.2) is 65.6 Å². The van der Waals surface area contributed by atoms with E-state index in [2.05, 4.69) is 4.98 Å². The molecular formula is C14H21N3O4S. The van der Waals surface area contributed by atoms with Crippen LogP contribution in [0, 0.1) is 5.92 Å². The summed E-state index contributed by atoms with van der Waals surface area (Å²) in [6.07, 6.45) is 3.83. The minimum Gasteiger partial charge on any atom is -0.381 e. The first-order valence-electron chi connectivity index (χ1n) is 7.47. The summed E-state index contributed by atoms with van der Waals surface area (Å²) in [6, 6.07) is 0. The highest BCUT2D eigenvalue weighted by Crippen LogP contribution is 2.45. The molecule has 122 valence electrons. The van der Waals surface area contributed by atoms with E-state index in [-0.39, 0.29) is 30.7 Å². The lowest BCUT2D eigenvalue weighted by atomic mass is 9.83. The van der Waals surface area contributed by atoms with E-state index in [4.69, 9.17) is 4.74 Å². The van der Waals surface area contributed by atoms with Gasteiger partial charge in [-0.05, 0) is 13.3 Å². The van der Waals surface area contributed by atoms with Crippen molar-refractivity contribution in [1.82, 2.24) is 14.5 Å². The summed E-state index contributed by atoms with van der Waals surface area (Å²) >= 11 is 0. The molecule has 0 aliphatic carbocycles. The molecule has 3 heterocycles. The Morgan fingerprint density at radius 1 is 1.50 bits per heavy atom. The minimum atomic E-state index is -3.17. The van der Waals surface area contributed by atoms with Gasteiger partial charge < -0.3 is 14.2 Å². The highest BCUT2D eigenvalue weighted by atomic mass is 32.2. The Balaban J connectivity index is 1.74. The van der Waals surface area contributed by atoms with Crippen molar-refractivity contribution < 1.29 is 17.9 Å². The third-order valence-corrected chi connectivity index (χ3v) is 7.35. The second-order valence-corrected chi connectivity index (χ2v) is 8.57. The molecular weight excluding hydrogens is 306 g/mol. The number of nitrogens with zero attached hydrogens (tertiary/aromatic N) is 3. The van der Waals surface area contributed by atoms with Crippen molar-refractivity contribution in [2.45, 2.75) is 18.1 Å². The molecule has 3 rings (SSSR count). The SMILES string of the molecule is CCOCC1CCS(=O)(=O)C12CN(C(=O)c1cn(C)cn1)C2. The lowest BCUT2D eigenvalue weighted by Crippen LogP contribution is -2.68. The first-order valence-corrected chi connectivity index (χ1v) is 9.12. The fraction of sp³-hybridized carbons (Fsp3) is 0.714. The predicted octanol–water partition coefficient (Wildman–Crippen LogP) is 0.0859. The fourth-order valence-corrected chi connectivity index (χ4v) is 5.80. The molecule has 0 saturated carbocycles. The predicted molar refractivity (Wildman–Crippen MR) is 80.2 cm³/mol. The number of aryl methyl sites for hydroxylation is 1. The zero-order chi connectivity index (χ0) is 16.0. The maximum absolute atomic E-state index is 12.4. The first kappa shape index (κ1) is 15.5. The molecule has 1 aromatic rings. The highest BCUT2D eigenvalue weighted by molar-refractivity contribution is 7.93. The zero-order valence-electron chi connectivity index (χ0n) is 12.9. The highest BCUT2D eigenvalue weighted by Gasteiger charge is 2.62. The van der Waals surface area contributed by atoms with Crippen molar-refractivity contribution in [3.8, 4) is 0 Å². The third kappa shape index (κ3) is 2.25. The number of imidazole rings is 1. The largest absolute Gasteiger partial charge is 0.381 e. The number of hydrogen-bond acceptors (Lipinski definition) is 5. The van der Waals surface area contributed by atoms with Crippen LogP contribution in [0.4, 0.5) is 0 Å². The van der Waals surface area contributed by atoms with E-state index < -0.39 is 14.6 Å². The van der Waals surface area contributed by atoms with Gasteiger partial charge in [0.1, 0.15) is 10.4 Å². The lowest BCUT2D eigenvalue weighted by Gasteiger charge is -2.49. The quantitative estimate of drug-likeness (QED) is 0.782. The first-order chi connectivity index (χ1) is 10.4. The Labute approximate surface area is 130 Å². The lowest BCUT2D eigenvalue weighted by molar-refractivity contribution is 0.0267. The summed E-state index contributed by atoms with van der Waals surface area (Å²) in [5, 5.41) is 0. The Morgan fingerprint density at radius 2 is 2.23 bits per heavy atom. The van der Waals surface area contributed by atoms with Gasteiger partial charge in [0.25, 0.3) is 5.91 Å². The number of likely N-dealkylation sites (tertiary alicyclic amines) is 1. The third-order valence-electron chi connectivity index (χ3n) is 4.75. The molecule has 2 saturated heterocycles. The van der Waals surface area contributed by atoms with Crippen molar-refractivity contribution in [2.75, 3.05) is 32.1 Å². The molecule has 8 heteroatoms. The molecule has 2 aliphatic heterocycles. The minimum absolute atomic E-state index is 0.0229. The van der Waals surface area contributed by atoms with Crippen LogP contribution in [0.15, 0.2) is 12.5 Å².